The minimum Gasteiger partial charge on any atom is -0.355 e. The fourth-order valence-corrected chi connectivity index (χ4v) is 3.74. The lowest BCUT2D eigenvalue weighted by Crippen LogP contribution is -2.54. The third-order valence-electron chi connectivity index (χ3n) is 5.71. The van der Waals surface area contributed by atoms with Crippen molar-refractivity contribution in [3.05, 3.63) is 71.5 Å². The van der Waals surface area contributed by atoms with Crippen LogP contribution in [0.2, 0.25) is 0 Å². The molecule has 0 bridgehead atoms. The molecule has 0 aromatic heterocycles. The second-order valence-corrected chi connectivity index (χ2v) is 8.29. The molecule has 0 unspecified atom stereocenters. The van der Waals surface area contributed by atoms with Crippen LogP contribution in [0.3, 0.4) is 0 Å². The van der Waals surface area contributed by atoms with Crippen molar-refractivity contribution >= 4 is 11.8 Å². The van der Waals surface area contributed by atoms with Crippen LogP contribution in [0.15, 0.2) is 54.6 Å². The van der Waals surface area contributed by atoms with E-state index in [9.17, 15) is 14.0 Å². The fraction of sp³-hybridized carbons (Fsp3) is 0.417. The van der Waals surface area contributed by atoms with Crippen molar-refractivity contribution in [2.45, 2.75) is 25.7 Å². The molecule has 0 atom stereocenters. The molecule has 1 aliphatic heterocycles. The van der Waals surface area contributed by atoms with Crippen molar-refractivity contribution in [2.75, 3.05) is 39.3 Å². The van der Waals surface area contributed by atoms with E-state index in [1.807, 2.05) is 49.1 Å². The monoisotopic (exact) mass is 411 g/mol. The first kappa shape index (κ1) is 22.0. The van der Waals surface area contributed by atoms with E-state index in [2.05, 4.69) is 10.2 Å². The predicted molar refractivity (Wildman–Crippen MR) is 116 cm³/mol. The number of carbonyl (C=O) groups excluding carboxylic acids is 2. The third kappa shape index (κ3) is 5.66. The molecule has 30 heavy (non-hydrogen) atoms. The van der Waals surface area contributed by atoms with Crippen molar-refractivity contribution < 1.29 is 14.0 Å². The summed E-state index contributed by atoms with van der Waals surface area (Å²) in [6, 6.07) is 16.2. The Morgan fingerprint density at radius 3 is 2.23 bits per heavy atom. The molecule has 0 spiro atoms. The zero-order valence-corrected chi connectivity index (χ0v) is 17.7. The number of hydrogen-bond acceptors (Lipinski definition) is 3. The molecule has 2 aromatic carbocycles. The van der Waals surface area contributed by atoms with Gasteiger partial charge in [0.15, 0.2) is 0 Å². The van der Waals surface area contributed by atoms with E-state index in [1.54, 1.807) is 12.1 Å². The van der Waals surface area contributed by atoms with E-state index < -0.39 is 5.41 Å². The van der Waals surface area contributed by atoms with Crippen LogP contribution in [0.1, 0.15) is 25.0 Å². The summed E-state index contributed by atoms with van der Waals surface area (Å²) in [5.41, 5.74) is 1.43. The van der Waals surface area contributed by atoms with Gasteiger partial charge in [-0.3, -0.25) is 14.5 Å². The average Bonchev–Trinajstić information content (AvgIpc) is 2.76. The van der Waals surface area contributed by atoms with Gasteiger partial charge in [-0.05, 0) is 43.5 Å². The van der Waals surface area contributed by atoms with E-state index in [-0.39, 0.29) is 17.6 Å². The number of nitrogens with zero attached hydrogens (tertiary/aromatic N) is 2. The average molecular weight is 412 g/mol. The Labute approximate surface area is 177 Å². The topological polar surface area (TPSA) is 52.7 Å². The molecule has 1 saturated heterocycles. The molecule has 1 N–H and O–H groups in total. The summed E-state index contributed by atoms with van der Waals surface area (Å²) in [5.74, 6) is -0.161. The standard InChI is InChI=1S/C24H30FN3O2/c1-24(2,20-6-4-3-5-7-20)23(30)28-16-14-27(15-17-28)18-22(29)26-13-12-19-8-10-21(25)11-9-19/h3-11H,12-18H2,1-2H3,(H,26,29). The molecule has 0 radical (unpaired) electrons. The van der Waals surface area contributed by atoms with Crippen LogP contribution >= 0.6 is 0 Å². The molecular formula is C24H30FN3O2. The van der Waals surface area contributed by atoms with Crippen LogP contribution in [0.5, 0.6) is 0 Å². The van der Waals surface area contributed by atoms with Crippen molar-refractivity contribution in [1.29, 1.82) is 0 Å². The van der Waals surface area contributed by atoms with Crippen molar-refractivity contribution in [2.24, 2.45) is 0 Å². The predicted octanol–water partition coefficient (Wildman–Crippen LogP) is 2.61. The number of rotatable bonds is 7. The molecule has 5 nitrogen and oxygen atoms in total. The summed E-state index contributed by atoms with van der Waals surface area (Å²) in [5, 5.41) is 2.92. The van der Waals surface area contributed by atoms with Crippen LogP contribution < -0.4 is 5.32 Å². The molecule has 2 amide bonds. The summed E-state index contributed by atoms with van der Waals surface area (Å²) in [6.45, 7) is 7.39. The van der Waals surface area contributed by atoms with E-state index in [0.717, 1.165) is 11.1 Å². The smallest absolute Gasteiger partial charge is 0.234 e. The minimum absolute atomic E-state index is 0.0264. The van der Waals surface area contributed by atoms with Crippen LogP contribution in [-0.4, -0.2) is 60.9 Å². The largest absolute Gasteiger partial charge is 0.355 e. The van der Waals surface area contributed by atoms with E-state index in [4.69, 9.17) is 0 Å². The van der Waals surface area contributed by atoms with Gasteiger partial charge in [0.05, 0.1) is 12.0 Å². The van der Waals surface area contributed by atoms with Gasteiger partial charge in [-0.2, -0.15) is 0 Å². The number of hydrogen-bond donors (Lipinski definition) is 1. The van der Waals surface area contributed by atoms with Gasteiger partial charge < -0.3 is 10.2 Å². The summed E-state index contributed by atoms with van der Waals surface area (Å²) in [6.07, 6.45) is 0.670. The van der Waals surface area contributed by atoms with Crippen molar-refractivity contribution in [1.82, 2.24) is 15.1 Å². The third-order valence-corrected chi connectivity index (χ3v) is 5.71. The fourth-order valence-electron chi connectivity index (χ4n) is 3.74. The lowest BCUT2D eigenvalue weighted by atomic mass is 9.83. The molecule has 6 heteroatoms. The Kier molecular flexibility index (Phi) is 7.21. The van der Waals surface area contributed by atoms with E-state index >= 15 is 0 Å². The molecule has 2 aromatic rings. The Hall–Kier alpha value is -2.73. The zero-order valence-electron chi connectivity index (χ0n) is 17.7. The van der Waals surface area contributed by atoms with Crippen LogP contribution in [0.4, 0.5) is 4.39 Å². The summed E-state index contributed by atoms with van der Waals surface area (Å²) >= 11 is 0. The highest BCUT2D eigenvalue weighted by Gasteiger charge is 2.35. The maximum absolute atomic E-state index is 13.1. The van der Waals surface area contributed by atoms with Crippen LogP contribution in [-0.2, 0) is 21.4 Å². The van der Waals surface area contributed by atoms with E-state index in [1.165, 1.54) is 12.1 Å². The van der Waals surface area contributed by atoms with Gasteiger partial charge in [0.25, 0.3) is 0 Å². The van der Waals surface area contributed by atoms with Gasteiger partial charge in [-0.15, -0.1) is 0 Å². The maximum atomic E-state index is 13.1. The van der Waals surface area contributed by atoms with Gasteiger partial charge in [0.1, 0.15) is 5.82 Å². The molecular weight excluding hydrogens is 381 g/mol. The minimum atomic E-state index is -0.568. The number of carbonyl (C=O) groups is 2. The number of nitrogens with one attached hydrogen (secondary N) is 1. The van der Waals surface area contributed by atoms with Gasteiger partial charge in [0, 0.05) is 32.7 Å². The quantitative estimate of drug-likeness (QED) is 0.762. The lowest BCUT2D eigenvalue weighted by Gasteiger charge is -2.38. The Balaban J connectivity index is 1.41. The normalized spacial score (nSPS) is 15.1. The molecule has 1 aliphatic rings. The number of piperazine rings is 1. The van der Waals surface area contributed by atoms with Gasteiger partial charge in [-0.1, -0.05) is 42.5 Å². The molecule has 0 aliphatic carbocycles. The van der Waals surface area contributed by atoms with Gasteiger partial charge in [-0.25, -0.2) is 4.39 Å². The highest BCUT2D eigenvalue weighted by Crippen LogP contribution is 2.26. The number of benzene rings is 2. The van der Waals surface area contributed by atoms with Crippen molar-refractivity contribution in [3.8, 4) is 0 Å². The molecule has 3 rings (SSSR count). The van der Waals surface area contributed by atoms with Crippen LogP contribution in [0.25, 0.3) is 0 Å². The second-order valence-electron chi connectivity index (χ2n) is 8.29. The summed E-state index contributed by atoms with van der Waals surface area (Å²) in [4.78, 5) is 29.2. The lowest BCUT2D eigenvalue weighted by molar-refractivity contribution is -0.138. The highest BCUT2D eigenvalue weighted by atomic mass is 19.1. The van der Waals surface area contributed by atoms with E-state index in [0.29, 0.717) is 45.7 Å². The maximum Gasteiger partial charge on any atom is 0.234 e. The molecule has 1 fully saturated rings. The first-order valence-corrected chi connectivity index (χ1v) is 10.4. The number of amides is 2. The van der Waals surface area contributed by atoms with Gasteiger partial charge >= 0.3 is 0 Å². The van der Waals surface area contributed by atoms with Crippen molar-refractivity contribution in [3.63, 3.8) is 0 Å². The Morgan fingerprint density at radius 1 is 0.967 bits per heavy atom. The first-order valence-electron chi connectivity index (χ1n) is 10.4. The molecule has 0 saturated carbocycles. The Bertz CT molecular complexity index is 845. The summed E-state index contributed by atoms with van der Waals surface area (Å²) in [7, 11) is 0. The second kappa shape index (κ2) is 9.85. The highest BCUT2D eigenvalue weighted by molar-refractivity contribution is 5.87. The van der Waals surface area contributed by atoms with Crippen LogP contribution in [0, 0.1) is 5.82 Å². The molecule has 160 valence electrons. The number of halogens is 1. The summed E-state index contributed by atoms with van der Waals surface area (Å²) < 4.78 is 12.9. The molecule has 1 heterocycles. The zero-order chi connectivity index (χ0) is 21.6. The van der Waals surface area contributed by atoms with Gasteiger partial charge in [0.2, 0.25) is 11.8 Å². The Morgan fingerprint density at radius 2 is 1.60 bits per heavy atom. The first-order chi connectivity index (χ1) is 14.4. The SMILES string of the molecule is CC(C)(C(=O)N1CCN(CC(=O)NCCc2ccc(F)cc2)CC1)c1ccccc1.